The van der Waals surface area contributed by atoms with E-state index in [1.54, 1.807) is 12.1 Å². The monoisotopic (exact) mass is 528 g/mol. The molecular weight excluding hydrogens is 497 g/mol. The Kier molecular flexibility index (Phi) is 9.12. The number of amides is 1. The molecule has 6 nitrogen and oxygen atoms in total. The van der Waals surface area contributed by atoms with Gasteiger partial charge in [0.2, 0.25) is 5.91 Å². The second kappa shape index (κ2) is 12.7. The maximum Gasteiger partial charge on any atom is 0.416 e. The Labute approximate surface area is 220 Å². The van der Waals surface area contributed by atoms with Crippen LogP contribution in [0.25, 0.3) is 0 Å². The molecule has 9 heteroatoms. The van der Waals surface area contributed by atoms with Gasteiger partial charge in [0, 0.05) is 25.6 Å². The van der Waals surface area contributed by atoms with Gasteiger partial charge < -0.3 is 19.9 Å². The minimum absolute atomic E-state index is 0.0632. The standard InChI is InChI=1S/C29H31F3N2O4/c30-29(31,32)24-5-4-8-27(16-24)38-20-22-15-23(19-34(18-22)17-21-9-11-25(35)12-10-21)28(36)33-13-14-37-26-6-2-1-3-7-26/h1-12,16,22-23,35H,13-15,17-20H2,(H,33,36)/t22-,23+/m0/s1. The van der Waals surface area contributed by atoms with Gasteiger partial charge in [0.15, 0.2) is 0 Å². The van der Waals surface area contributed by atoms with Crippen LogP contribution in [0.1, 0.15) is 17.5 Å². The van der Waals surface area contributed by atoms with Crippen molar-refractivity contribution in [2.75, 3.05) is 32.8 Å². The second-order valence-electron chi connectivity index (χ2n) is 9.45. The highest BCUT2D eigenvalue weighted by Gasteiger charge is 2.33. The van der Waals surface area contributed by atoms with Crippen molar-refractivity contribution in [1.29, 1.82) is 0 Å². The molecule has 0 saturated carbocycles. The number of carbonyl (C=O) groups is 1. The van der Waals surface area contributed by atoms with Crippen LogP contribution in [-0.2, 0) is 17.5 Å². The molecule has 0 aromatic heterocycles. The molecule has 0 aliphatic carbocycles. The van der Waals surface area contributed by atoms with Gasteiger partial charge in [0.1, 0.15) is 23.9 Å². The van der Waals surface area contributed by atoms with Gasteiger partial charge in [-0.2, -0.15) is 13.2 Å². The van der Waals surface area contributed by atoms with Crippen LogP contribution in [0.15, 0.2) is 78.9 Å². The fraction of sp³-hybridized carbons (Fsp3) is 0.345. The van der Waals surface area contributed by atoms with Crippen molar-refractivity contribution in [2.45, 2.75) is 19.1 Å². The molecule has 0 radical (unpaired) electrons. The summed E-state index contributed by atoms with van der Waals surface area (Å²) in [6.45, 7) is 2.61. The molecule has 0 unspecified atom stereocenters. The van der Waals surface area contributed by atoms with Crippen LogP contribution in [0.5, 0.6) is 17.2 Å². The van der Waals surface area contributed by atoms with E-state index in [1.165, 1.54) is 12.1 Å². The zero-order chi connectivity index (χ0) is 27.0. The Balaban J connectivity index is 1.36. The predicted molar refractivity (Wildman–Crippen MR) is 137 cm³/mol. The van der Waals surface area contributed by atoms with E-state index in [9.17, 15) is 23.1 Å². The van der Waals surface area contributed by atoms with Gasteiger partial charge in [-0.25, -0.2) is 0 Å². The van der Waals surface area contributed by atoms with Gasteiger partial charge in [-0.15, -0.1) is 0 Å². The molecule has 1 aliphatic rings. The molecule has 3 aromatic carbocycles. The highest BCUT2D eigenvalue weighted by atomic mass is 19.4. The fourth-order valence-electron chi connectivity index (χ4n) is 4.58. The van der Waals surface area contributed by atoms with Gasteiger partial charge >= 0.3 is 6.18 Å². The Hall–Kier alpha value is -3.72. The van der Waals surface area contributed by atoms with Gasteiger partial charge in [0.25, 0.3) is 0 Å². The summed E-state index contributed by atoms with van der Waals surface area (Å²) in [7, 11) is 0. The molecule has 202 valence electrons. The summed E-state index contributed by atoms with van der Waals surface area (Å²) in [5.41, 5.74) is 0.222. The number of hydrogen-bond acceptors (Lipinski definition) is 5. The van der Waals surface area contributed by atoms with Gasteiger partial charge in [-0.3, -0.25) is 9.69 Å². The number of nitrogens with zero attached hydrogens (tertiary/aromatic N) is 1. The van der Waals surface area contributed by atoms with Crippen molar-refractivity contribution in [2.24, 2.45) is 11.8 Å². The number of ether oxygens (including phenoxy) is 2. The highest BCUT2D eigenvalue weighted by Crippen LogP contribution is 2.32. The van der Waals surface area contributed by atoms with Gasteiger partial charge in [0.05, 0.1) is 24.6 Å². The lowest BCUT2D eigenvalue weighted by Gasteiger charge is -2.37. The number of alkyl halides is 3. The Morgan fingerprint density at radius 2 is 1.68 bits per heavy atom. The van der Waals surface area contributed by atoms with E-state index in [-0.39, 0.29) is 35.8 Å². The highest BCUT2D eigenvalue weighted by molar-refractivity contribution is 5.79. The molecule has 1 fully saturated rings. The van der Waals surface area contributed by atoms with Crippen molar-refractivity contribution >= 4 is 5.91 Å². The molecule has 2 atom stereocenters. The molecular formula is C29H31F3N2O4. The summed E-state index contributed by atoms with van der Waals surface area (Å²) >= 11 is 0. The van der Waals surface area contributed by atoms with Crippen molar-refractivity contribution in [3.8, 4) is 17.2 Å². The minimum atomic E-state index is -4.45. The number of rotatable bonds is 10. The number of hydrogen-bond donors (Lipinski definition) is 2. The zero-order valence-corrected chi connectivity index (χ0v) is 20.9. The summed E-state index contributed by atoms with van der Waals surface area (Å²) in [5, 5.41) is 12.5. The molecule has 2 N–H and O–H groups in total. The first kappa shape index (κ1) is 27.3. The third-order valence-corrected chi connectivity index (χ3v) is 6.39. The lowest BCUT2D eigenvalue weighted by molar-refractivity contribution is -0.137. The van der Waals surface area contributed by atoms with Crippen LogP contribution in [0.3, 0.4) is 0 Å². The van der Waals surface area contributed by atoms with Crippen LogP contribution < -0.4 is 14.8 Å². The summed E-state index contributed by atoms with van der Waals surface area (Å²) in [6, 6.07) is 21.1. The summed E-state index contributed by atoms with van der Waals surface area (Å²) in [5.74, 6) is 0.580. The molecule has 0 spiro atoms. The first-order valence-corrected chi connectivity index (χ1v) is 12.5. The molecule has 4 rings (SSSR count). The van der Waals surface area contributed by atoms with Crippen molar-refractivity contribution in [3.63, 3.8) is 0 Å². The van der Waals surface area contributed by atoms with E-state index >= 15 is 0 Å². The Morgan fingerprint density at radius 1 is 0.947 bits per heavy atom. The number of para-hydroxylation sites is 1. The van der Waals surface area contributed by atoms with E-state index in [1.807, 2.05) is 42.5 Å². The Morgan fingerprint density at radius 3 is 2.42 bits per heavy atom. The third-order valence-electron chi connectivity index (χ3n) is 6.39. The van der Waals surface area contributed by atoms with Gasteiger partial charge in [-0.1, -0.05) is 36.4 Å². The number of nitrogens with one attached hydrogen (secondary N) is 1. The molecule has 0 bridgehead atoms. The van der Waals surface area contributed by atoms with Crippen LogP contribution >= 0.6 is 0 Å². The SMILES string of the molecule is O=C(NCCOc1ccccc1)[C@@H]1C[C@H](COc2cccc(C(F)(F)F)c2)CN(Cc2ccc(O)cc2)C1. The third kappa shape index (κ3) is 8.14. The number of phenols is 1. The number of likely N-dealkylation sites (tertiary alicyclic amines) is 1. The molecule has 1 aliphatic heterocycles. The second-order valence-corrected chi connectivity index (χ2v) is 9.45. The van der Waals surface area contributed by atoms with Crippen LogP contribution in [0, 0.1) is 11.8 Å². The summed E-state index contributed by atoms with van der Waals surface area (Å²) in [6.07, 6.45) is -3.89. The fourth-order valence-corrected chi connectivity index (χ4v) is 4.58. The quantitative estimate of drug-likeness (QED) is 0.358. The van der Waals surface area contributed by atoms with E-state index in [0.717, 1.165) is 23.4 Å². The topological polar surface area (TPSA) is 71.0 Å². The number of halogens is 3. The lowest BCUT2D eigenvalue weighted by atomic mass is 9.88. The molecule has 3 aromatic rings. The van der Waals surface area contributed by atoms with Crippen LogP contribution in [0.4, 0.5) is 13.2 Å². The van der Waals surface area contributed by atoms with E-state index in [0.29, 0.717) is 39.2 Å². The smallest absolute Gasteiger partial charge is 0.416 e. The largest absolute Gasteiger partial charge is 0.508 e. The van der Waals surface area contributed by atoms with E-state index < -0.39 is 11.7 Å². The summed E-state index contributed by atoms with van der Waals surface area (Å²) < 4.78 is 50.6. The molecule has 1 saturated heterocycles. The minimum Gasteiger partial charge on any atom is -0.508 e. The Bertz CT molecular complexity index is 1170. The van der Waals surface area contributed by atoms with Gasteiger partial charge in [-0.05, 0) is 54.4 Å². The molecule has 38 heavy (non-hydrogen) atoms. The average Bonchev–Trinajstić information content (AvgIpc) is 2.91. The zero-order valence-electron chi connectivity index (χ0n) is 20.9. The number of phenolic OH excluding ortho intramolecular Hbond substituents is 1. The predicted octanol–water partition coefficient (Wildman–Crippen LogP) is 5.12. The maximum absolute atomic E-state index is 13.1. The number of piperidine rings is 1. The molecule has 1 amide bonds. The van der Waals surface area contributed by atoms with Crippen LogP contribution in [0.2, 0.25) is 0 Å². The van der Waals surface area contributed by atoms with Crippen molar-refractivity contribution < 1.29 is 32.5 Å². The van der Waals surface area contributed by atoms with E-state index in [4.69, 9.17) is 9.47 Å². The van der Waals surface area contributed by atoms with Crippen molar-refractivity contribution in [1.82, 2.24) is 10.2 Å². The molecule has 1 heterocycles. The normalized spacial score (nSPS) is 18.1. The number of aromatic hydroxyl groups is 1. The van der Waals surface area contributed by atoms with Crippen molar-refractivity contribution in [3.05, 3.63) is 90.0 Å². The first-order valence-electron chi connectivity index (χ1n) is 12.5. The lowest BCUT2D eigenvalue weighted by Crippen LogP contribution is -2.47. The number of carbonyl (C=O) groups excluding carboxylic acids is 1. The van der Waals surface area contributed by atoms with E-state index in [2.05, 4.69) is 10.2 Å². The maximum atomic E-state index is 13.1. The number of benzene rings is 3. The van der Waals surface area contributed by atoms with Crippen LogP contribution in [-0.4, -0.2) is 48.8 Å². The average molecular weight is 529 g/mol. The first-order chi connectivity index (χ1) is 18.3. The summed E-state index contributed by atoms with van der Waals surface area (Å²) in [4.78, 5) is 15.2.